The summed E-state index contributed by atoms with van der Waals surface area (Å²) in [6, 6.07) is 12.0. The van der Waals surface area contributed by atoms with Crippen LogP contribution in [0.1, 0.15) is 22.8 Å². The van der Waals surface area contributed by atoms with Gasteiger partial charge in [0.25, 0.3) is 5.91 Å². The molecule has 2 aromatic heterocycles. The second kappa shape index (κ2) is 6.16. The minimum atomic E-state index is 0.0300. The molecule has 1 saturated heterocycles. The van der Waals surface area contributed by atoms with Crippen LogP contribution in [0.4, 0.5) is 5.69 Å². The van der Waals surface area contributed by atoms with E-state index in [1.165, 1.54) is 11.3 Å². The SMILES string of the molecule is Cc1ccccc1N1CCN(C(=O)c2ccn3nnnc3c2)[C@H](C)C1. The van der Waals surface area contributed by atoms with Crippen molar-refractivity contribution >= 4 is 17.2 Å². The molecular formula is C18H20N6O. The number of hydrogen-bond acceptors (Lipinski definition) is 5. The molecule has 7 heteroatoms. The second-order valence-electron chi connectivity index (χ2n) is 6.48. The molecule has 4 rings (SSSR count). The third kappa shape index (κ3) is 2.82. The van der Waals surface area contributed by atoms with Gasteiger partial charge in [-0.3, -0.25) is 4.79 Å². The first-order chi connectivity index (χ1) is 12.1. The van der Waals surface area contributed by atoms with E-state index in [1.54, 1.807) is 22.8 Å². The maximum atomic E-state index is 12.9. The molecule has 25 heavy (non-hydrogen) atoms. The molecule has 1 amide bonds. The van der Waals surface area contributed by atoms with E-state index in [0.717, 1.165) is 13.1 Å². The van der Waals surface area contributed by atoms with Gasteiger partial charge in [0.15, 0.2) is 5.65 Å². The Morgan fingerprint density at radius 2 is 2.04 bits per heavy atom. The number of fused-ring (bicyclic) bond motifs is 1. The van der Waals surface area contributed by atoms with Crippen LogP contribution < -0.4 is 4.90 Å². The number of pyridine rings is 1. The third-order valence-electron chi connectivity index (χ3n) is 4.79. The lowest BCUT2D eigenvalue weighted by Gasteiger charge is -2.41. The van der Waals surface area contributed by atoms with E-state index in [-0.39, 0.29) is 11.9 Å². The summed E-state index contributed by atoms with van der Waals surface area (Å²) in [7, 11) is 0. The number of carbonyl (C=O) groups excluding carboxylic acids is 1. The van der Waals surface area contributed by atoms with Gasteiger partial charge < -0.3 is 9.80 Å². The molecule has 0 bridgehead atoms. The quantitative estimate of drug-likeness (QED) is 0.714. The lowest BCUT2D eigenvalue weighted by Crippen LogP contribution is -2.54. The van der Waals surface area contributed by atoms with Gasteiger partial charge in [-0.2, -0.15) is 0 Å². The number of aromatic nitrogens is 4. The zero-order valence-corrected chi connectivity index (χ0v) is 14.3. The van der Waals surface area contributed by atoms with E-state index in [2.05, 4.69) is 58.5 Å². The first kappa shape index (κ1) is 15.6. The molecule has 1 aromatic carbocycles. The fraction of sp³-hybridized carbons (Fsp3) is 0.333. The molecule has 0 aliphatic carbocycles. The molecule has 0 radical (unpaired) electrons. The molecule has 1 fully saturated rings. The minimum absolute atomic E-state index is 0.0300. The van der Waals surface area contributed by atoms with Crippen molar-refractivity contribution in [2.45, 2.75) is 19.9 Å². The number of hydrogen-bond donors (Lipinski definition) is 0. The minimum Gasteiger partial charge on any atom is -0.367 e. The van der Waals surface area contributed by atoms with Crippen LogP contribution in [0.5, 0.6) is 0 Å². The van der Waals surface area contributed by atoms with Crippen LogP contribution in [0.2, 0.25) is 0 Å². The highest BCUT2D eigenvalue weighted by molar-refractivity contribution is 5.95. The Bertz CT molecular complexity index is 921. The van der Waals surface area contributed by atoms with Gasteiger partial charge in [-0.1, -0.05) is 18.2 Å². The highest BCUT2D eigenvalue weighted by atomic mass is 16.2. The fourth-order valence-corrected chi connectivity index (χ4v) is 3.44. The molecule has 0 N–H and O–H groups in total. The summed E-state index contributed by atoms with van der Waals surface area (Å²) in [4.78, 5) is 17.2. The number of carbonyl (C=O) groups is 1. The molecule has 3 heterocycles. The Hall–Kier alpha value is -2.96. The van der Waals surface area contributed by atoms with Gasteiger partial charge in [0.05, 0.1) is 0 Å². The summed E-state index contributed by atoms with van der Waals surface area (Å²) in [5.41, 5.74) is 3.71. The molecule has 1 aliphatic heterocycles. The fourth-order valence-electron chi connectivity index (χ4n) is 3.44. The number of piperazine rings is 1. The van der Waals surface area contributed by atoms with Crippen LogP contribution in [0.3, 0.4) is 0 Å². The molecule has 3 aromatic rings. The molecule has 0 saturated carbocycles. The van der Waals surface area contributed by atoms with E-state index in [1.807, 2.05) is 4.90 Å². The molecule has 0 spiro atoms. The first-order valence-electron chi connectivity index (χ1n) is 8.43. The van der Waals surface area contributed by atoms with E-state index < -0.39 is 0 Å². The lowest BCUT2D eigenvalue weighted by atomic mass is 10.1. The number of aryl methyl sites for hydroxylation is 1. The zero-order valence-electron chi connectivity index (χ0n) is 14.3. The normalized spacial score (nSPS) is 17.9. The van der Waals surface area contributed by atoms with Crippen LogP contribution in [0, 0.1) is 6.92 Å². The maximum Gasteiger partial charge on any atom is 0.254 e. The van der Waals surface area contributed by atoms with Crippen molar-refractivity contribution in [3.63, 3.8) is 0 Å². The van der Waals surface area contributed by atoms with Gasteiger partial charge in [0.1, 0.15) is 0 Å². The van der Waals surface area contributed by atoms with Crippen molar-refractivity contribution in [3.8, 4) is 0 Å². The van der Waals surface area contributed by atoms with E-state index >= 15 is 0 Å². The van der Waals surface area contributed by atoms with E-state index in [0.29, 0.717) is 17.8 Å². The first-order valence-corrected chi connectivity index (χ1v) is 8.43. The summed E-state index contributed by atoms with van der Waals surface area (Å²) in [5, 5.41) is 11.3. The Morgan fingerprint density at radius 3 is 2.84 bits per heavy atom. The molecule has 0 unspecified atom stereocenters. The predicted molar refractivity (Wildman–Crippen MR) is 94.7 cm³/mol. The van der Waals surface area contributed by atoms with Crippen molar-refractivity contribution in [1.29, 1.82) is 0 Å². The summed E-state index contributed by atoms with van der Waals surface area (Å²) in [5.74, 6) is 0.0300. The number of para-hydroxylation sites is 1. The largest absolute Gasteiger partial charge is 0.367 e. The Kier molecular flexibility index (Phi) is 3.83. The second-order valence-corrected chi connectivity index (χ2v) is 6.48. The van der Waals surface area contributed by atoms with Crippen molar-refractivity contribution in [1.82, 2.24) is 24.9 Å². The molecule has 1 atom stereocenters. The average molecular weight is 336 g/mol. The van der Waals surface area contributed by atoms with Crippen molar-refractivity contribution in [2.75, 3.05) is 24.5 Å². The number of amides is 1. The Labute approximate surface area is 145 Å². The Morgan fingerprint density at radius 1 is 1.20 bits per heavy atom. The molecular weight excluding hydrogens is 316 g/mol. The van der Waals surface area contributed by atoms with Gasteiger partial charge in [-0.25, -0.2) is 4.52 Å². The summed E-state index contributed by atoms with van der Waals surface area (Å²) >= 11 is 0. The van der Waals surface area contributed by atoms with Crippen LogP contribution in [-0.4, -0.2) is 56.5 Å². The Balaban J connectivity index is 1.52. The van der Waals surface area contributed by atoms with Gasteiger partial charge in [-0.05, 0) is 48.0 Å². The predicted octanol–water partition coefficient (Wildman–Crippen LogP) is 1.78. The monoisotopic (exact) mass is 336 g/mol. The highest BCUT2D eigenvalue weighted by Gasteiger charge is 2.28. The summed E-state index contributed by atoms with van der Waals surface area (Å²) in [6.45, 7) is 6.57. The van der Waals surface area contributed by atoms with Crippen molar-refractivity contribution in [3.05, 3.63) is 53.7 Å². The van der Waals surface area contributed by atoms with Crippen molar-refractivity contribution in [2.24, 2.45) is 0 Å². The lowest BCUT2D eigenvalue weighted by molar-refractivity contribution is 0.0674. The zero-order chi connectivity index (χ0) is 17.4. The van der Waals surface area contributed by atoms with Gasteiger partial charge in [0, 0.05) is 43.1 Å². The molecule has 1 aliphatic rings. The number of anilines is 1. The van der Waals surface area contributed by atoms with Crippen LogP contribution in [-0.2, 0) is 0 Å². The standard InChI is InChI=1S/C18H20N6O/c1-13-5-3-4-6-16(13)22-9-10-23(14(2)12-22)18(25)15-7-8-24-17(11-15)19-20-21-24/h3-8,11,14H,9-10,12H2,1-2H3/t14-/m1/s1. The molecule has 128 valence electrons. The van der Waals surface area contributed by atoms with Crippen LogP contribution >= 0.6 is 0 Å². The average Bonchev–Trinajstić information content (AvgIpc) is 3.09. The number of tetrazole rings is 1. The van der Waals surface area contributed by atoms with Crippen LogP contribution in [0.15, 0.2) is 42.6 Å². The number of rotatable bonds is 2. The van der Waals surface area contributed by atoms with Crippen LogP contribution in [0.25, 0.3) is 5.65 Å². The highest BCUT2D eigenvalue weighted by Crippen LogP contribution is 2.23. The third-order valence-corrected chi connectivity index (χ3v) is 4.79. The van der Waals surface area contributed by atoms with Gasteiger partial charge in [0.2, 0.25) is 0 Å². The van der Waals surface area contributed by atoms with Gasteiger partial charge >= 0.3 is 0 Å². The van der Waals surface area contributed by atoms with E-state index in [4.69, 9.17) is 0 Å². The summed E-state index contributed by atoms with van der Waals surface area (Å²) < 4.78 is 1.55. The smallest absolute Gasteiger partial charge is 0.254 e. The van der Waals surface area contributed by atoms with Gasteiger partial charge in [-0.15, -0.1) is 5.10 Å². The summed E-state index contributed by atoms with van der Waals surface area (Å²) in [6.07, 6.45) is 1.72. The number of nitrogens with zero attached hydrogens (tertiary/aromatic N) is 6. The topological polar surface area (TPSA) is 66.6 Å². The number of benzene rings is 1. The van der Waals surface area contributed by atoms with E-state index in [9.17, 15) is 4.79 Å². The molecule has 7 nitrogen and oxygen atoms in total. The van der Waals surface area contributed by atoms with Crippen molar-refractivity contribution < 1.29 is 4.79 Å². The maximum absolute atomic E-state index is 12.9.